The van der Waals surface area contributed by atoms with Crippen molar-refractivity contribution >= 4 is 11.6 Å². The predicted molar refractivity (Wildman–Crippen MR) is 75.3 cm³/mol. The van der Waals surface area contributed by atoms with Crippen LogP contribution >= 0.6 is 0 Å². The second kappa shape index (κ2) is 6.02. The minimum Gasteiger partial charge on any atom is -0.497 e. The lowest BCUT2D eigenvalue weighted by molar-refractivity contribution is 0.102. The average Bonchev–Trinajstić information content (AvgIpc) is 2.48. The quantitative estimate of drug-likeness (QED) is 0.883. The van der Waals surface area contributed by atoms with E-state index in [2.05, 4.69) is 5.32 Å². The summed E-state index contributed by atoms with van der Waals surface area (Å²) in [6, 6.07) is 14.5. The molecule has 0 fully saturated rings. The summed E-state index contributed by atoms with van der Waals surface area (Å²) in [5, 5.41) is 2.83. The highest BCUT2D eigenvalue weighted by atomic mass is 16.5. The smallest absolute Gasteiger partial charge is 0.255 e. The molecule has 2 aromatic rings. The topological polar surface area (TPSA) is 64.3 Å². The summed E-state index contributed by atoms with van der Waals surface area (Å²) in [6.07, 6.45) is 0. The van der Waals surface area contributed by atoms with Crippen LogP contribution in [-0.2, 0) is 6.54 Å². The van der Waals surface area contributed by atoms with Gasteiger partial charge in [0.15, 0.2) is 0 Å². The lowest BCUT2D eigenvalue weighted by Gasteiger charge is -2.09. The van der Waals surface area contributed by atoms with Crippen molar-refractivity contribution in [2.75, 3.05) is 12.4 Å². The van der Waals surface area contributed by atoms with E-state index in [4.69, 9.17) is 10.5 Å². The van der Waals surface area contributed by atoms with Crippen molar-refractivity contribution in [2.24, 2.45) is 5.73 Å². The molecule has 0 saturated carbocycles. The second-order valence-corrected chi connectivity index (χ2v) is 4.04. The standard InChI is InChI=1S/C15H16N2O2/c1-19-13-8-6-12(7-9-13)17-15(18)14-5-3-2-4-11(14)10-16/h2-9H,10,16H2,1H3,(H,17,18). The van der Waals surface area contributed by atoms with E-state index in [1.807, 2.05) is 18.2 Å². The van der Waals surface area contributed by atoms with Gasteiger partial charge in [-0.15, -0.1) is 0 Å². The van der Waals surface area contributed by atoms with Gasteiger partial charge in [-0.25, -0.2) is 0 Å². The number of anilines is 1. The lowest BCUT2D eigenvalue weighted by atomic mass is 10.1. The molecule has 2 aromatic carbocycles. The zero-order valence-corrected chi connectivity index (χ0v) is 10.7. The molecule has 0 aliphatic heterocycles. The SMILES string of the molecule is COc1ccc(NC(=O)c2ccccc2CN)cc1. The Morgan fingerprint density at radius 3 is 2.47 bits per heavy atom. The van der Waals surface area contributed by atoms with Crippen LogP contribution in [0.25, 0.3) is 0 Å². The summed E-state index contributed by atoms with van der Waals surface area (Å²) >= 11 is 0. The van der Waals surface area contributed by atoms with Gasteiger partial charge in [0, 0.05) is 17.8 Å². The van der Waals surface area contributed by atoms with Crippen molar-refractivity contribution in [1.82, 2.24) is 0 Å². The van der Waals surface area contributed by atoms with Gasteiger partial charge in [0.1, 0.15) is 5.75 Å². The Morgan fingerprint density at radius 1 is 1.16 bits per heavy atom. The molecule has 19 heavy (non-hydrogen) atoms. The van der Waals surface area contributed by atoms with Gasteiger partial charge in [0.05, 0.1) is 7.11 Å². The number of rotatable bonds is 4. The van der Waals surface area contributed by atoms with Gasteiger partial charge < -0.3 is 15.8 Å². The van der Waals surface area contributed by atoms with Crippen LogP contribution in [0, 0.1) is 0 Å². The van der Waals surface area contributed by atoms with E-state index < -0.39 is 0 Å². The Morgan fingerprint density at radius 2 is 1.84 bits per heavy atom. The van der Waals surface area contributed by atoms with Crippen molar-refractivity contribution in [1.29, 1.82) is 0 Å². The molecule has 4 nitrogen and oxygen atoms in total. The van der Waals surface area contributed by atoms with Gasteiger partial charge in [0.25, 0.3) is 5.91 Å². The van der Waals surface area contributed by atoms with Crippen LogP contribution in [0.5, 0.6) is 5.75 Å². The van der Waals surface area contributed by atoms with Crippen LogP contribution in [0.15, 0.2) is 48.5 Å². The van der Waals surface area contributed by atoms with Crippen molar-refractivity contribution in [3.63, 3.8) is 0 Å². The second-order valence-electron chi connectivity index (χ2n) is 4.04. The molecular weight excluding hydrogens is 240 g/mol. The molecule has 98 valence electrons. The monoisotopic (exact) mass is 256 g/mol. The maximum atomic E-state index is 12.2. The molecule has 3 N–H and O–H groups in total. The van der Waals surface area contributed by atoms with E-state index in [1.54, 1.807) is 37.4 Å². The molecule has 0 saturated heterocycles. The number of ether oxygens (including phenoxy) is 1. The third kappa shape index (κ3) is 3.11. The zero-order valence-electron chi connectivity index (χ0n) is 10.7. The fraction of sp³-hybridized carbons (Fsp3) is 0.133. The summed E-state index contributed by atoms with van der Waals surface area (Å²) < 4.78 is 5.07. The third-order valence-corrected chi connectivity index (χ3v) is 2.83. The van der Waals surface area contributed by atoms with Crippen LogP contribution in [0.1, 0.15) is 15.9 Å². The predicted octanol–water partition coefficient (Wildman–Crippen LogP) is 2.41. The number of hydrogen-bond donors (Lipinski definition) is 2. The fourth-order valence-electron chi connectivity index (χ4n) is 1.79. The van der Waals surface area contributed by atoms with Crippen molar-refractivity contribution in [2.45, 2.75) is 6.54 Å². The molecule has 0 spiro atoms. The molecule has 2 rings (SSSR count). The first kappa shape index (κ1) is 13.1. The molecule has 0 unspecified atom stereocenters. The highest BCUT2D eigenvalue weighted by molar-refractivity contribution is 6.05. The van der Waals surface area contributed by atoms with Gasteiger partial charge in [-0.2, -0.15) is 0 Å². The van der Waals surface area contributed by atoms with Gasteiger partial charge >= 0.3 is 0 Å². The Hall–Kier alpha value is -2.33. The van der Waals surface area contributed by atoms with E-state index in [0.29, 0.717) is 12.1 Å². The molecule has 0 bridgehead atoms. The maximum Gasteiger partial charge on any atom is 0.255 e. The molecule has 0 heterocycles. The van der Waals surface area contributed by atoms with Gasteiger partial charge in [-0.3, -0.25) is 4.79 Å². The van der Waals surface area contributed by atoms with Crippen LogP contribution in [0.4, 0.5) is 5.69 Å². The third-order valence-electron chi connectivity index (χ3n) is 2.83. The molecule has 0 atom stereocenters. The normalized spacial score (nSPS) is 10.0. The number of carbonyl (C=O) groups is 1. The summed E-state index contributed by atoms with van der Waals surface area (Å²) in [5.41, 5.74) is 7.77. The Labute approximate surface area is 112 Å². The highest BCUT2D eigenvalue weighted by Gasteiger charge is 2.09. The highest BCUT2D eigenvalue weighted by Crippen LogP contribution is 2.17. The molecular formula is C15H16N2O2. The minimum atomic E-state index is -0.161. The van der Waals surface area contributed by atoms with E-state index in [9.17, 15) is 4.79 Å². The van der Waals surface area contributed by atoms with Crippen LogP contribution in [-0.4, -0.2) is 13.0 Å². The Balaban J connectivity index is 2.16. The van der Waals surface area contributed by atoms with Crippen LogP contribution in [0.2, 0.25) is 0 Å². The summed E-state index contributed by atoms with van der Waals surface area (Å²) in [5.74, 6) is 0.589. The van der Waals surface area contributed by atoms with Gasteiger partial charge in [0.2, 0.25) is 0 Å². The van der Waals surface area contributed by atoms with E-state index in [0.717, 1.165) is 17.0 Å². The average molecular weight is 256 g/mol. The Bertz CT molecular complexity index is 565. The molecule has 0 aliphatic rings. The molecule has 1 amide bonds. The largest absolute Gasteiger partial charge is 0.497 e. The number of methoxy groups -OCH3 is 1. The number of hydrogen-bond acceptors (Lipinski definition) is 3. The van der Waals surface area contributed by atoms with Crippen molar-refractivity contribution in [3.05, 3.63) is 59.7 Å². The van der Waals surface area contributed by atoms with Crippen molar-refractivity contribution in [3.8, 4) is 5.75 Å². The maximum absolute atomic E-state index is 12.2. The number of amides is 1. The first-order chi connectivity index (χ1) is 9.24. The van der Waals surface area contributed by atoms with E-state index in [-0.39, 0.29) is 5.91 Å². The number of benzene rings is 2. The van der Waals surface area contributed by atoms with Crippen LogP contribution < -0.4 is 15.8 Å². The summed E-state index contributed by atoms with van der Waals surface area (Å²) in [4.78, 5) is 12.2. The first-order valence-corrected chi connectivity index (χ1v) is 5.98. The van der Waals surface area contributed by atoms with Gasteiger partial charge in [-0.1, -0.05) is 18.2 Å². The van der Waals surface area contributed by atoms with E-state index >= 15 is 0 Å². The number of nitrogens with two attached hydrogens (primary N) is 1. The summed E-state index contributed by atoms with van der Waals surface area (Å²) in [6.45, 7) is 0.339. The first-order valence-electron chi connectivity index (χ1n) is 5.98. The minimum absolute atomic E-state index is 0.161. The molecule has 0 radical (unpaired) electrons. The zero-order chi connectivity index (χ0) is 13.7. The number of carbonyl (C=O) groups excluding carboxylic acids is 1. The van der Waals surface area contributed by atoms with Crippen molar-refractivity contribution < 1.29 is 9.53 Å². The fourth-order valence-corrected chi connectivity index (χ4v) is 1.79. The molecule has 4 heteroatoms. The van der Waals surface area contributed by atoms with Crippen LogP contribution in [0.3, 0.4) is 0 Å². The molecule has 0 aliphatic carbocycles. The molecule has 0 aromatic heterocycles. The van der Waals surface area contributed by atoms with E-state index in [1.165, 1.54) is 0 Å². The van der Waals surface area contributed by atoms with Gasteiger partial charge in [-0.05, 0) is 35.9 Å². The number of nitrogens with one attached hydrogen (secondary N) is 1. The summed E-state index contributed by atoms with van der Waals surface area (Å²) in [7, 11) is 1.60. The lowest BCUT2D eigenvalue weighted by Crippen LogP contribution is -2.15. The Kier molecular flexibility index (Phi) is 4.15.